The molecular weight excluding hydrogens is 212 g/mol. The Morgan fingerprint density at radius 1 is 1.47 bits per heavy atom. The van der Waals surface area contributed by atoms with Crippen LogP contribution in [0.2, 0.25) is 0 Å². The Kier molecular flexibility index (Phi) is 2.68. The second-order valence-electron chi connectivity index (χ2n) is 2.93. The fourth-order valence-electron chi connectivity index (χ4n) is 1.19. The molecule has 1 N–H and O–H groups in total. The second kappa shape index (κ2) is 4.14. The van der Waals surface area contributed by atoms with E-state index in [1.54, 1.807) is 35.3 Å². The van der Waals surface area contributed by atoms with Crippen LogP contribution in [-0.4, -0.2) is 19.9 Å². The topological polar surface area (TPSA) is 63.3 Å². The van der Waals surface area contributed by atoms with E-state index in [1.165, 1.54) is 0 Å². The third-order valence-corrected chi connectivity index (χ3v) is 2.09. The third-order valence-electron chi connectivity index (χ3n) is 1.90. The predicted octanol–water partition coefficient (Wildman–Crippen LogP) is 1.39. The van der Waals surface area contributed by atoms with Gasteiger partial charge in [-0.05, 0) is 12.1 Å². The van der Waals surface area contributed by atoms with Gasteiger partial charge in [0.05, 0.1) is 6.54 Å². The van der Waals surface area contributed by atoms with Crippen molar-refractivity contribution in [2.24, 2.45) is 4.36 Å². The summed E-state index contributed by atoms with van der Waals surface area (Å²) in [5.74, 6) is 0.644. The molecule has 0 aliphatic carbocycles. The van der Waals surface area contributed by atoms with E-state index in [-0.39, 0.29) is 5.75 Å². The lowest BCUT2D eigenvalue weighted by atomic mass is 10.3. The zero-order valence-corrected chi connectivity index (χ0v) is 8.55. The van der Waals surface area contributed by atoms with E-state index in [1.807, 2.05) is 0 Å². The first-order valence-corrected chi connectivity index (χ1v) is 4.66. The van der Waals surface area contributed by atoms with Gasteiger partial charge in [0.1, 0.15) is 11.4 Å². The predicted molar refractivity (Wildman–Crippen MR) is 56.7 cm³/mol. The number of hydrogen-bond donors (Lipinski definition) is 1. The Morgan fingerprint density at radius 3 is 3.00 bits per heavy atom. The van der Waals surface area contributed by atoms with Crippen LogP contribution in [0.4, 0.5) is 5.82 Å². The van der Waals surface area contributed by atoms with Crippen molar-refractivity contribution in [1.82, 2.24) is 14.8 Å². The van der Waals surface area contributed by atoms with Gasteiger partial charge in [0.15, 0.2) is 5.82 Å². The number of aromatic hydroxyl groups is 1. The summed E-state index contributed by atoms with van der Waals surface area (Å²) in [6, 6.07) is 4.96. The highest BCUT2D eigenvalue weighted by atomic mass is 32.1. The van der Waals surface area contributed by atoms with Gasteiger partial charge in [-0.3, -0.25) is 9.67 Å². The molecule has 2 rings (SSSR count). The van der Waals surface area contributed by atoms with Crippen molar-refractivity contribution < 1.29 is 5.11 Å². The number of aromatic nitrogens is 3. The fourth-order valence-corrected chi connectivity index (χ4v) is 1.29. The molecule has 0 radical (unpaired) electrons. The van der Waals surface area contributed by atoms with Gasteiger partial charge in [-0.15, -0.1) is 0 Å². The summed E-state index contributed by atoms with van der Waals surface area (Å²) >= 11 is 4.51. The molecule has 2 aromatic heterocycles. The van der Waals surface area contributed by atoms with Crippen LogP contribution in [0.3, 0.4) is 0 Å². The molecule has 0 atom stereocenters. The van der Waals surface area contributed by atoms with Crippen molar-refractivity contribution in [2.45, 2.75) is 6.54 Å². The van der Waals surface area contributed by atoms with Gasteiger partial charge in [-0.25, -0.2) is 0 Å². The van der Waals surface area contributed by atoms with Gasteiger partial charge in [-0.1, -0.05) is 0 Å². The number of hydrogen-bond acceptors (Lipinski definition) is 5. The van der Waals surface area contributed by atoms with Crippen LogP contribution in [0, 0.1) is 0 Å². The molecule has 76 valence electrons. The molecule has 0 fully saturated rings. The Labute approximate surface area is 91.6 Å². The van der Waals surface area contributed by atoms with Crippen LogP contribution in [0.25, 0.3) is 0 Å². The molecule has 5 nitrogen and oxygen atoms in total. The molecule has 0 amide bonds. The van der Waals surface area contributed by atoms with Crippen LogP contribution in [0.1, 0.15) is 5.69 Å². The second-order valence-corrected chi connectivity index (χ2v) is 3.11. The summed E-state index contributed by atoms with van der Waals surface area (Å²) < 4.78 is 5.14. The lowest BCUT2D eigenvalue weighted by molar-refractivity contribution is 0.459. The molecule has 0 aliphatic heterocycles. The molecule has 0 aliphatic rings. The Hall–Kier alpha value is -1.82. The lowest BCUT2D eigenvalue weighted by Gasteiger charge is -2.02. The van der Waals surface area contributed by atoms with Crippen molar-refractivity contribution >= 4 is 18.2 Å². The van der Waals surface area contributed by atoms with E-state index in [0.29, 0.717) is 18.1 Å². The quantitative estimate of drug-likeness (QED) is 0.849. The molecule has 6 heteroatoms. The largest absolute Gasteiger partial charge is 0.506 e. The van der Waals surface area contributed by atoms with Gasteiger partial charge in [-0.2, -0.15) is 9.46 Å². The average molecular weight is 220 g/mol. The summed E-state index contributed by atoms with van der Waals surface area (Å²) in [5.41, 5.74) is 0.566. The van der Waals surface area contributed by atoms with Crippen molar-refractivity contribution in [3.05, 3.63) is 36.3 Å². The van der Waals surface area contributed by atoms with E-state index >= 15 is 0 Å². The number of nitrogens with zero attached hydrogens (tertiary/aromatic N) is 4. The summed E-state index contributed by atoms with van der Waals surface area (Å²) in [6.07, 6.45) is 3.36. The smallest absolute Gasteiger partial charge is 0.187 e. The molecule has 2 aromatic rings. The maximum absolute atomic E-state index is 9.49. The highest BCUT2D eigenvalue weighted by Crippen LogP contribution is 2.14. The summed E-state index contributed by atoms with van der Waals surface area (Å²) in [6.45, 7) is 0.400. The number of pyridine rings is 1. The maximum Gasteiger partial charge on any atom is 0.187 e. The molecule has 0 saturated carbocycles. The molecular formula is C9H8N4OS. The van der Waals surface area contributed by atoms with E-state index in [2.05, 4.69) is 26.9 Å². The van der Waals surface area contributed by atoms with E-state index < -0.39 is 0 Å². The van der Waals surface area contributed by atoms with Gasteiger partial charge in [0.2, 0.25) is 0 Å². The van der Waals surface area contributed by atoms with Gasteiger partial charge < -0.3 is 5.11 Å². The minimum atomic E-state index is 0.157. The molecule has 2 heterocycles. The molecule has 15 heavy (non-hydrogen) atoms. The third kappa shape index (κ3) is 2.16. The van der Waals surface area contributed by atoms with Crippen LogP contribution in [0.15, 0.2) is 35.0 Å². The van der Waals surface area contributed by atoms with Crippen molar-refractivity contribution in [3.63, 3.8) is 0 Å². The van der Waals surface area contributed by atoms with Gasteiger partial charge in [0, 0.05) is 30.9 Å². The first-order chi connectivity index (χ1) is 7.29. The van der Waals surface area contributed by atoms with E-state index in [0.717, 1.165) is 0 Å². The first kappa shape index (κ1) is 9.72. The maximum atomic E-state index is 9.49. The molecule has 0 bridgehead atoms. The normalized spacial score (nSPS) is 10.1. The lowest BCUT2D eigenvalue weighted by Crippen LogP contribution is -2.01. The SMILES string of the molecule is Oc1cccnc1Cn1ccc(N=S)n1. The minimum Gasteiger partial charge on any atom is -0.506 e. The van der Waals surface area contributed by atoms with Crippen LogP contribution in [-0.2, 0) is 19.0 Å². The Morgan fingerprint density at radius 2 is 2.33 bits per heavy atom. The Balaban J connectivity index is 2.22. The highest BCUT2D eigenvalue weighted by Gasteiger charge is 2.03. The monoisotopic (exact) mass is 220 g/mol. The van der Waals surface area contributed by atoms with Crippen molar-refractivity contribution in [1.29, 1.82) is 0 Å². The van der Waals surface area contributed by atoms with E-state index in [9.17, 15) is 5.11 Å². The summed E-state index contributed by atoms with van der Waals surface area (Å²) in [7, 11) is 0. The van der Waals surface area contributed by atoms with Crippen molar-refractivity contribution in [3.8, 4) is 5.75 Å². The zero-order chi connectivity index (χ0) is 10.7. The van der Waals surface area contributed by atoms with Crippen LogP contribution >= 0.6 is 0 Å². The first-order valence-electron chi connectivity index (χ1n) is 4.29. The summed E-state index contributed by atoms with van der Waals surface area (Å²) in [5, 5.41) is 13.5. The Bertz CT molecular complexity index is 482. The summed E-state index contributed by atoms with van der Waals surface area (Å²) in [4.78, 5) is 4.04. The van der Waals surface area contributed by atoms with Crippen LogP contribution < -0.4 is 0 Å². The van der Waals surface area contributed by atoms with Gasteiger partial charge in [0.25, 0.3) is 0 Å². The zero-order valence-electron chi connectivity index (χ0n) is 7.74. The standard InChI is InChI=1S/C9H8N4OS/c14-8-2-1-4-10-7(8)6-13-5-3-9(11-13)12-15/h1-5,14H,6H2. The van der Waals surface area contributed by atoms with Gasteiger partial charge >= 0.3 is 0 Å². The molecule has 0 spiro atoms. The van der Waals surface area contributed by atoms with Crippen LogP contribution in [0.5, 0.6) is 5.75 Å². The number of rotatable bonds is 3. The molecule has 0 aromatic carbocycles. The molecule has 0 saturated heterocycles. The highest BCUT2D eigenvalue weighted by molar-refractivity contribution is 7.47. The van der Waals surface area contributed by atoms with Crippen molar-refractivity contribution in [2.75, 3.05) is 0 Å². The average Bonchev–Trinajstić information content (AvgIpc) is 2.69. The minimum absolute atomic E-state index is 0.157. The molecule has 0 unspecified atom stereocenters. The van der Waals surface area contributed by atoms with E-state index in [4.69, 9.17) is 0 Å². The fraction of sp³-hybridized carbons (Fsp3) is 0.111.